The molecular weight excluding hydrogens is 261 g/mol. The maximum absolute atomic E-state index is 12.4. The van der Waals surface area contributed by atoms with Crippen LogP contribution in [-0.2, 0) is 10.9 Å². The second kappa shape index (κ2) is 4.75. The van der Waals surface area contributed by atoms with E-state index in [1.54, 1.807) is 0 Å². The molecule has 7 heteroatoms. The number of ether oxygens (including phenoxy) is 1. The number of halogens is 3. The van der Waals surface area contributed by atoms with E-state index in [4.69, 9.17) is 0 Å². The fourth-order valence-electron chi connectivity index (χ4n) is 1.48. The first-order valence-electron chi connectivity index (χ1n) is 5.23. The van der Waals surface area contributed by atoms with Crippen LogP contribution in [0.5, 0.6) is 0 Å². The zero-order valence-electron chi connectivity index (χ0n) is 9.81. The van der Waals surface area contributed by atoms with E-state index in [1.807, 2.05) is 0 Å². The van der Waals surface area contributed by atoms with Gasteiger partial charge in [0.2, 0.25) is 0 Å². The van der Waals surface area contributed by atoms with E-state index in [9.17, 15) is 18.0 Å². The Bertz CT molecular complexity index is 588. The van der Waals surface area contributed by atoms with Gasteiger partial charge >= 0.3 is 12.1 Å². The molecule has 0 amide bonds. The third-order valence-corrected chi connectivity index (χ3v) is 2.44. The van der Waals surface area contributed by atoms with Gasteiger partial charge in [0.05, 0.1) is 18.4 Å². The molecule has 0 aliphatic carbocycles. The summed E-state index contributed by atoms with van der Waals surface area (Å²) < 4.78 is 43.0. The largest absolute Gasteiger partial charge is 0.464 e. The number of carbonyl (C=O) groups is 1. The highest BCUT2D eigenvalue weighted by Crippen LogP contribution is 2.29. The standard InChI is InChI=1S/C12H9F3N2O2/c1-19-11(18)10-6-7-17(16-10)9-4-2-8(3-5-9)12(13,14)15/h2-7H,1H3. The van der Waals surface area contributed by atoms with Crippen LogP contribution >= 0.6 is 0 Å². The molecule has 0 N–H and O–H groups in total. The highest BCUT2D eigenvalue weighted by atomic mass is 19.4. The number of hydrogen-bond acceptors (Lipinski definition) is 3. The molecule has 1 aromatic carbocycles. The van der Waals surface area contributed by atoms with Gasteiger partial charge in [-0.15, -0.1) is 0 Å². The van der Waals surface area contributed by atoms with E-state index in [1.165, 1.54) is 36.2 Å². The van der Waals surface area contributed by atoms with E-state index >= 15 is 0 Å². The molecule has 0 unspecified atom stereocenters. The Kier molecular flexibility index (Phi) is 3.28. The average molecular weight is 270 g/mol. The number of carbonyl (C=O) groups excluding carboxylic acids is 1. The number of aromatic nitrogens is 2. The number of hydrogen-bond donors (Lipinski definition) is 0. The molecule has 0 spiro atoms. The van der Waals surface area contributed by atoms with E-state index in [0.29, 0.717) is 5.69 Å². The number of alkyl halides is 3. The Morgan fingerprint density at radius 3 is 2.37 bits per heavy atom. The van der Waals surface area contributed by atoms with Crippen LogP contribution in [0.1, 0.15) is 16.1 Å². The first-order valence-corrected chi connectivity index (χ1v) is 5.23. The van der Waals surface area contributed by atoms with Crippen molar-refractivity contribution >= 4 is 5.97 Å². The van der Waals surface area contributed by atoms with E-state index < -0.39 is 17.7 Å². The first-order chi connectivity index (χ1) is 8.91. The van der Waals surface area contributed by atoms with Crippen molar-refractivity contribution in [2.45, 2.75) is 6.18 Å². The summed E-state index contributed by atoms with van der Waals surface area (Å²) in [6.45, 7) is 0. The topological polar surface area (TPSA) is 44.1 Å². The Morgan fingerprint density at radius 2 is 1.84 bits per heavy atom. The van der Waals surface area contributed by atoms with Crippen LogP contribution in [-0.4, -0.2) is 22.9 Å². The zero-order chi connectivity index (χ0) is 14.0. The highest BCUT2D eigenvalue weighted by Gasteiger charge is 2.30. The Balaban J connectivity index is 2.28. The third kappa shape index (κ3) is 2.75. The summed E-state index contributed by atoms with van der Waals surface area (Å²) in [5.74, 6) is -0.606. The summed E-state index contributed by atoms with van der Waals surface area (Å²) in [6, 6.07) is 5.88. The molecule has 19 heavy (non-hydrogen) atoms. The minimum absolute atomic E-state index is 0.0856. The lowest BCUT2D eigenvalue weighted by molar-refractivity contribution is -0.137. The molecule has 2 aromatic rings. The molecule has 2 rings (SSSR count). The van der Waals surface area contributed by atoms with Crippen LogP contribution in [0.25, 0.3) is 5.69 Å². The van der Waals surface area contributed by atoms with Crippen molar-refractivity contribution in [2.75, 3.05) is 7.11 Å². The molecular formula is C12H9F3N2O2. The van der Waals surface area contributed by atoms with Crippen molar-refractivity contribution < 1.29 is 22.7 Å². The molecule has 0 saturated carbocycles. The van der Waals surface area contributed by atoms with Crippen LogP contribution in [0.2, 0.25) is 0 Å². The summed E-state index contributed by atoms with van der Waals surface area (Å²) in [6.07, 6.45) is -2.91. The number of methoxy groups -OCH3 is 1. The summed E-state index contributed by atoms with van der Waals surface area (Å²) >= 11 is 0. The molecule has 0 radical (unpaired) electrons. The van der Waals surface area contributed by atoms with Crippen molar-refractivity contribution in [3.8, 4) is 5.69 Å². The fourth-order valence-corrected chi connectivity index (χ4v) is 1.48. The van der Waals surface area contributed by atoms with Crippen molar-refractivity contribution in [1.82, 2.24) is 9.78 Å². The molecule has 100 valence electrons. The van der Waals surface area contributed by atoms with Gasteiger partial charge in [0.15, 0.2) is 5.69 Å². The first kappa shape index (κ1) is 13.1. The summed E-state index contributed by atoms with van der Waals surface area (Å²) in [7, 11) is 1.22. The van der Waals surface area contributed by atoms with Gasteiger partial charge in [-0.05, 0) is 30.3 Å². The Hall–Kier alpha value is -2.31. The SMILES string of the molecule is COC(=O)c1ccn(-c2ccc(C(F)(F)F)cc2)n1. The normalized spacial score (nSPS) is 11.4. The molecule has 0 fully saturated rings. The maximum Gasteiger partial charge on any atom is 0.416 e. The average Bonchev–Trinajstić information content (AvgIpc) is 2.86. The van der Waals surface area contributed by atoms with Crippen LogP contribution in [0.4, 0.5) is 13.2 Å². The van der Waals surface area contributed by atoms with Crippen LogP contribution in [0.3, 0.4) is 0 Å². The van der Waals surface area contributed by atoms with E-state index in [2.05, 4.69) is 9.84 Å². The monoisotopic (exact) mass is 270 g/mol. The molecule has 0 bridgehead atoms. The molecule has 0 aliphatic heterocycles. The fraction of sp³-hybridized carbons (Fsp3) is 0.167. The third-order valence-electron chi connectivity index (χ3n) is 2.44. The van der Waals surface area contributed by atoms with Gasteiger partial charge in [-0.25, -0.2) is 9.48 Å². The summed E-state index contributed by atoms with van der Waals surface area (Å²) in [5.41, 5.74) is -0.234. The molecule has 0 saturated heterocycles. The van der Waals surface area contributed by atoms with Crippen molar-refractivity contribution in [1.29, 1.82) is 0 Å². The minimum Gasteiger partial charge on any atom is -0.464 e. The summed E-state index contributed by atoms with van der Waals surface area (Å²) in [5, 5.41) is 3.90. The minimum atomic E-state index is -4.38. The Morgan fingerprint density at radius 1 is 1.21 bits per heavy atom. The lowest BCUT2D eigenvalue weighted by atomic mass is 10.2. The number of esters is 1. The highest BCUT2D eigenvalue weighted by molar-refractivity contribution is 5.86. The van der Waals surface area contributed by atoms with Crippen LogP contribution < -0.4 is 0 Å². The van der Waals surface area contributed by atoms with Crippen LogP contribution in [0, 0.1) is 0 Å². The van der Waals surface area contributed by atoms with Gasteiger partial charge in [-0.1, -0.05) is 0 Å². The molecule has 0 aliphatic rings. The molecule has 4 nitrogen and oxygen atoms in total. The lowest BCUT2D eigenvalue weighted by Crippen LogP contribution is -2.06. The lowest BCUT2D eigenvalue weighted by Gasteiger charge is -2.07. The number of nitrogens with zero attached hydrogens (tertiary/aromatic N) is 2. The second-order valence-corrected chi connectivity index (χ2v) is 3.68. The maximum atomic E-state index is 12.4. The van der Waals surface area contributed by atoms with Gasteiger partial charge in [-0.2, -0.15) is 18.3 Å². The van der Waals surface area contributed by atoms with Crippen molar-refractivity contribution in [3.63, 3.8) is 0 Å². The predicted molar refractivity (Wildman–Crippen MR) is 59.9 cm³/mol. The molecule has 1 heterocycles. The smallest absolute Gasteiger partial charge is 0.416 e. The zero-order valence-corrected chi connectivity index (χ0v) is 9.81. The van der Waals surface area contributed by atoms with Gasteiger partial charge in [0.25, 0.3) is 0 Å². The van der Waals surface area contributed by atoms with Crippen LogP contribution in [0.15, 0.2) is 36.5 Å². The quantitative estimate of drug-likeness (QED) is 0.788. The van der Waals surface area contributed by atoms with Gasteiger partial charge in [-0.3, -0.25) is 0 Å². The van der Waals surface area contributed by atoms with Gasteiger partial charge in [0.1, 0.15) is 0 Å². The Labute approximate surface area is 106 Å². The number of rotatable bonds is 2. The second-order valence-electron chi connectivity index (χ2n) is 3.68. The van der Waals surface area contributed by atoms with Gasteiger partial charge in [0, 0.05) is 6.20 Å². The van der Waals surface area contributed by atoms with E-state index in [-0.39, 0.29) is 5.69 Å². The van der Waals surface area contributed by atoms with Crippen molar-refractivity contribution in [2.24, 2.45) is 0 Å². The number of benzene rings is 1. The van der Waals surface area contributed by atoms with Crippen molar-refractivity contribution in [3.05, 3.63) is 47.8 Å². The summed E-state index contributed by atoms with van der Waals surface area (Å²) in [4.78, 5) is 11.2. The van der Waals surface area contributed by atoms with Gasteiger partial charge < -0.3 is 4.74 Å². The molecule has 1 aromatic heterocycles. The predicted octanol–water partition coefficient (Wildman–Crippen LogP) is 2.68. The van der Waals surface area contributed by atoms with E-state index in [0.717, 1.165) is 12.1 Å². The molecule has 0 atom stereocenters.